The molecule has 0 fully saturated rings. The molecule has 184 valence electrons. The van der Waals surface area contributed by atoms with Gasteiger partial charge in [-0.1, -0.05) is 49.4 Å². The lowest BCUT2D eigenvalue weighted by atomic mass is 9.99. The van der Waals surface area contributed by atoms with Gasteiger partial charge >= 0.3 is 5.97 Å². The van der Waals surface area contributed by atoms with Crippen LogP contribution in [0.3, 0.4) is 0 Å². The van der Waals surface area contributed by atoms with Gasteiger partial charge in [-0.3, -0.25) is 9.59 Å². The first-order chi connectivity index (χ1) is 17.3. The number of hydrogen-bond acceptors (Lipinski definition) is 5. The standard InChI is InChI=1S/C27H24FN3O5/c1-2-20-21(13-16-6-4-3-5-7-16)31-25(24(20)26(34)27(29)35)22(36-15-23(32)33)14-19(30-31)12-17-8-10-18(28)11-9-17/h3-11,14H,2,12-13,15H2,1H3,(H2,29,35)(H,32,33). The molecule has 0 saturated heterocycles. The number of ketones is 1. The van der Waals surface area contributed by atoms with Crippen molar-refractivity contribution in [3.05, 3.63) is 100 Å². The lowest BCUT2D eigenvalue weighted by molar-refractivity contribution is -0.139. The third kappa shape index (κ3) is 5.10. The normalized spacial score (nSPS) is 10.9. The molecular formula is C27H24FN3O5. The van der Waals surface area contributed by atoms with Gasteiger partial charge in [0.05, 0.1) is 17.0 Å². The van der Waals surface area contributed by atoms with Crippen molar-refractivity contribution in [1.29, 1.82) is 0 Å². The summed E-state index contributed by atoms with van der Waals surface area (Å²) >= 11 is 0. The number of fused-ring (bicyclic) bond motifs is 1. The summed E-state index contributed by atoms with van der Waals surface area (Å²) in [5.41, 5.74) is 9.07. The molecule has 2 aromatic carbocycles. The Kier molecular flexibility index (Phi) is 7.10. The fourth-order valence-electron chi connectivity index (χ4n) is 4.24. The first kappa shape index (κ1) is 24.6. The van der Waals surface area contributed by atoms with Crippen LogP contribution < -0.4 is 10.5 Å². The second-order valence-corrected chi connectivity index (χ2v) is 8.26. The number of ether oxygens (including phenoxy) is 1. The van der Waals surface area contributed by atoms with Crippen molar-refractivity contribution in [2.45, 2.75) is 26.2 Å². The number of hydrogen-bond donors (Lipinski definition) is 2. The van der Waals surface area contributed by atoms with E-state index < -0.39 is 24.3 Å². The molecule has 0 aliphatic rings. The van der Waals surface area contributed by atoms with Crippen LogP contribution in [0.5, 0.6) is 5.75 Å². The molecule has 0 spiro atoms. The van der Waals surface area contributed by atoms with E-state index in [1.807, 2.05) is 37.3 Å². The van der Waals surface area contributed by atoms with Crippen molar-refractivity contribution in [3.63, 3.8) is 0 Å². The first-order valence-electron chi connectivity index (χ1n) is 11.3. The highest BCUT2D eigenvalue weighted by Crippen LogP contribution is 2.33. The number of nitrogens with zero attached hydrogens (tertiary/aromatic N) is 2. The molecule has 0 aliphatic carbocycles. The fourth-order valence-corrected chi connectivity index (χ4v) is 4.24. The molecule has 0 unspecified atom stereocenters. The number of primary amides is 1. The second-order valence-electron chi connectivity index (χ2n) is 8.26. The Morgan fingerprint density at radius 3 is 2.31 bits per heavy atom. The van der Waals surface area contributed by atoms with E-state index in [0.717, 1.165) is 11.1 Å². The van der Waals surface area contributed by atoms with Gasteiger partial charge in [0.1, 0.15) is 17.1 Å². The summed E-state index contributed by atoms with van der Waals surface area (Å²) in [6.07, 6.45) is 1.08. The lowest BCUT2D eigenvalue weighted by Gasteiger charge is -2.12. The number of nitrogens with two attached hydrogens (primary N) is 1. The highest BCUT2D eigenvalue weighted by Gasteiger charge is 2.29. The molecule has 0 aliphatic heterocycles. The summed E-state index contributed by atoms with van der Waals surface area (Å²) in [7, 11) is 0. The maximum Gasteiger partial charge on any atom is 0.341 e. The highest BCUT2D eigenvalue weighted by molar-refractivity contribution is 6.44. The number of carbonyl (C=O) groups is 3. The first-order valence-corrected chi connectivity index (χ1v) is 11.3. The average Bonchev–Trinajstić information content (AvgIpc) is 3.17. The molecule has 8 nitrogen and oxygen atoms in total. The highest BCUT2D eigenvalue weighted by atomic mass is 19.1. The van der Waals surface area contributed by atoms with Crippen molar-refractivity contribution in [1.82, 2.24) is 9.61 Å². The number of halogens is 1. The maximum atomic E-state index is 13.4. The van der Waals surface area contributed by atoms with Gasteiger partial charge in [-0.25, -0.2) is 13.7 Å². The monoisotopic (exact) mass is 489 g/mol. The molecule has 0 atom stereocenters. The van der Waals surface area contributed by atoms with Crippen molar-refractivity contribution >= 4 is 23.2 Å². The summed E-state index contributed by atoms with van der Waals surface area (Å²) < 4.78 is 20.5. The Hall–Kier alpha value is -4.53. The largest absolute Gasteiger partial charge is 0.480 e. The molecule has 0 saturated carbocycles. The van der Waals surface area contributed by atoms with Crippen molar-refractivity contribution < 1.29 is 28.6 Å². The Bertz CT molecular complexity index is 1450. The van der Waals surface area contributed by atoms with Crippen LogP contribution in [0.4, 0.5) is 4.39 Å². The predicted octanol–water partition coefficient (Wildman–Crippen LogP) is 3.35. The Morgan fingerprint density at radius 1 is 1.03 bits per heavy atom. The predicted molar refractivity (Wildman–Crippen MR) is 130 cm³/mol. The number of Topliss-reactive ketones (excluding diaryl/α,β-unsaturated/α-hetero) is 1. The van der Waals surface area contributed by atoms with Gasteiger partial charge in [0.25, 0.3) is 11.7 Å². The van der Waals surface area contributed by atoms with Crippen LogP contribution in [0, 0.1) is 5.82 Å². The van der Waals surface area contributed by atoms with E-state index in [1.54, 1.807) is 12.1 Å². The van der Waals surface area contributed by atoms with Crippen molar-refractivity contribution in [3.8, 4) is 5.75 Å². The summed E-state index contributed by atoms with van der Waals surface area (Å²) in [5, 5.41) is 14.0. The average molecular weight is 490 g/mol. The van der Waals surface area contributed by atoms with E-state index in [0.29, 0.717) is 36.2 Å². The summed E-state index contributed by atoms with van der Waals surface area (Å²) in [5.74, 6) is -3.53. The van der Waals surface area contributed by atoms with E-state index in [2.05, 4.69) is 0 Å². The van der Waals surface area contributed by atoms with Gasteiger partial charge in [-0.2, -0.15) is 5.10 Å². The molecule has 4 aromatic rings. The number of benzene rings is 2. The third-order valence-corrected chi connectivity index (χ3v) is 5.78. The molecule has 36 heavy (non-hydrogen) atoms. The van der Waals surface area contributed by atoms with E-state index in [9.17, 15) is 23.9 Å². The smallest absolute Gasteiger partial charge is 0.341 e. The Labute approximate surface area is 206 Å². The SMILES string of the molecule is CCc1c(C(=O)C(N)=O)c2c(OCC(=O)O)cc(Cc3ccc(F)cc3)nn2c1Cc1ccccc1. The van der Waals surface area contributed by atoms with Gasteiger partial charge in [-0.15, -0.1) is 0 Å². The topological polar surface area (TPSA) is 124 Å². The Balaban J connectivity index is 1.98. The van der Waals surface area contributed by atoms with Crippen LogP contribution in [0.2, 0.25) is 0 Å². The summed E-state index contributed by atoms with van der Waals surface area (Å²) in [6, 6.07) is 17.0. The molecule has 0 radical (unpaired) electrons. The minimum atomic E-state index is -1.21. The molecule has 4 rings (SSSR count). The lowest BCUT2D eigenvalue weighted by Crippen LogP contribution is -2.24. The van der Waals surface area contributed by atoms with Gasteiger partial charge < -0.3 is 15.6 Å². The Morgan fingerprint density at radius 2 is 1.69 bits per heavy atom. The number of carbonyl (C=O) groups excluding carboxylic acids is 2. The van der Waals surface area contributed by atoms with Gasteiger partial charge in [0.15, 0.2) is 6.61 Å². The number of amides is 1. The maximum absolute atomic E-state index is 13.4. The van der Waals surface area contributed by atoms with E-state index in [-0.39, 0.29) is 22.6 Å². The van der Waals surface area contributed by atoms with Crippen LogP contribution in [0.15, 0.2) is 60.7 Å². The van der Waals surface area contributed by atoms with Gasteiger partial charge in [0, 0.05) is 18.9 Å². The van der Waals surface area contributed by atoms with E-state index in [4.69, 9.17) is 15.6 Å². The zero-order chi connectivity index (χ0) is 25.8. The van der Waals surface area contributed by atoms with Crippen molar-refractivity contribution in [2.75, 3.05) is 6.61 Å². The molecule has 1 amide bonds. The molecule has 2 aromatic heterocycles. The third-order valence-electron chi connectivity index (χ3n) is 5.78. The minimum absolute atomic E-state index is 0.0529. The van der Waals surface area contributed by atoms with Crippen LogP contribution in [0.1, 0.15) is 45.4 Å². The number of aliphatic carboxylic acids is 1. The number of aromatic nitrogens is 2. The number of carboxylic acids is 1. The van der Waals surface area contributed by atoms with Crippen LogP contribution in [0.25, 0.3) is 5.52 Å². The molecule has 9 heteroatoms. The number of carboxylic acid groups (broad SMARTS) is 1. The molecular weight excluding hydrogens is 465 g/mol. The summed E-state index contributed by atoms with van der Waals surface area (Å²) in [4.78, 5) is 36.2. The molecule has 3 N–H and O–H groups in total. The molecule has 2 heterocycles. The van der Waals surface area contributed by atoms with Gasteiger partial charge in [0.2, 0.25) is 0 Å². The van der Waals surface area contributed by atoms with Crippen LogP contribution >= 0.6 is 0 Å². The zero-order valence-corrected chi connectivity index (χ0v) is 19.5. The van der Waals surface area contributed by atoms with E-state index in [1.165, 1.54) is 22.7 Å². The van der Waals surface area contributed by atoms with E-state index >= 15 is 0 Å². The van der Waals surface area contributed by atoms with Crippen LogP contribution in [-0.4, -0.2) is 39.0 Å². The second kappa shape index (κ2) is 10.4. The minimum Gasteiger partial charge on any atom is -0.480 e. The van der Waals surface area contributed by atoms with Gasteiger partial charge in [-0.05, 0) is 35.2 Å². The van der Waals surface area contributed by atoms with Crippen molar-refractivity contribution in [2.24, 2.45) is 5.73 Å². The fraction of sp³-hybridized carbons (Fsp3) is 0.185. The van der Waals surface area contributed by atoms with Crippen LogP contribution in [-0.2, 0) is 28.9 Å². The number of rotatable bonds is 10. The zero-order valence-electron chi connectivity index (χ0n) is 19.5. The summed E-state index contributed by atoms with van der Waals surface area (Å²) in [6.45, 7) is 1.18. The molecule has 0 bridgehead atoms. The quantitative estimate of drug-likeness (QED) is 0.260.